The molecule has 1 aliphatic carbocycles. The van der Waals surface area contributed by atoms with Gasteiger partial charge in [0.15, 0.2) is 0 Å². The normalized spacial score (nSPS) is 25.7. The minimum Gasteiger partial charge on any atom is -0.469 e. The molecule has 0 atom stereocenters. The fourth-order valence-corrected chi connectivity index (χ4v) is 5.19. The molecule has 2 heterocycles. The molecule has 176 valence electrons. The number of piperidine rings is 1. The van der Waals surface area contributed by atoms with E-state index >= 15 is 0 Å². The van der Waals surface area contributed by atoms with E-state index in [2.05, 4.69) is 0 Å². The van der Waals surface area contributed by atoms with Crippen LogP contribution in [0.1, 0.15) is 44.1 Å². The van der Waals surface area contributed by atoms with Crippen LogP contribution in [0.3, 0.4) is 0 Å². The van der Waals surface area contributed by atoms with Crippen molar-refractivity contribution in [2.24, 2.45) is 11.8 Å². The Hall–Kier alpha value is -2.45. The van der Waals surface area contributed by atoms with Crippen molar-refractivity contribution < 1.29 is 32.2 Å². The molecule has 0 radical (unpaired) electrons. The summed E-state index contributed by atoms with van der Waals surface area (Å²) >= 11 is 0. The van der Waals surface area contributed by atoms with E-state index in [0.29, 0.717) is 44.9 Å². The number of methoxy groups -OCH3 is 1. The third-order valence-electron chi connectivity index (χ3n) is 7.14. The van der Waals surface area contributed by atoms with Crippen molar-refractivity contribution in [1.29, 1.82) is 0 Å². The van der Waals surface area contributed by atoms with Gasteiger partial charge in [-0.25, -0.2) is 4.79 Å². The van der Waals surface area contributed by atoms with E-state index in [4.69, 9.17) is 9.47 Å². The van der Waals surface area contributed by atoms with Gasteiger partial charge in [-0.3, -0.25) is 4.79 Å². The summed E-state index contributed by atoms with van der Waals surface area (Å²) in [4.78, 5) is 28.1. The minimum atomic E-state index is -4.34. The Morgan fingerprint density at radius 2 is 1.75 bits per heavy atom. The average Bonchev–Trinajstić information content (AvgIpc) is 3.08. The molecule has 0 bridgehead atoms. The monoisotopic (exact) mass is 454 g/mol. The van der Waals surface area contributed by atoms with Gasteiger partial charge >= 0.3 is 18.2 Å². The summed E-state index contributed by atoms with van der Waals surface area (Å²) in [7, 11) is 1.41. The summed E-state index contributed by atoms with van der Waals surface area (Å²) < 4.78 is 49.0. The molecule has 3 aliphatic rings. The quantitative estimate of drug-likeness (QED) is 0.628. The van der Waals surface area contributed by atoms with Crippen molar-refractivity contribution in [3.63, 3.8) is 0 Å². The summed E-state index contributed by atoms with van der Waals surface area (Å²) in [5, 5.41) is 0. The van der Waals surface area contributed by atoms with E-state index in [9.17, 15) is 22.8 Å². The number of esters is 1. The highest BCUT2D eigenvalue weighted by Gasteiger charge is 2.47. The molecule has 1 saturated carbocycles. The van der Waals surface area contributed by atoms with E-state index in [1.54, 1.807) is 4.90 Å². The average molecular weight is 454 g/mol. The van der Waals surface area contributed by atoms with Crippen molar-refractivity contribution in [2.45, 2.75) is 50.3 Å². The number of amides is 1. The fraction of sp³-hybridized carbons (Fsp3) is 0.652. The van der Waals surface area contributed by atoms with E-state index in [1.165, 1.54) is 19.2 Å². The van der Waals surface area contributed by atoms with Gasteiger partial charge < -0.3 is 19.3 Å². The van der Waals surface area contributed by atoms with Crippen LogP contribution in [0, 0.1) is 11.8 Å². The third-order valence-corrected chi connectivity index (χ3v) is 7.14. The number of nitrogens with zero attached hydrogens (tertiary/aromatic N) is 2. The second kappa shape index (κ2) is 8.83. The van der Waals surface area contributed by atoms with Crippen molar-refractivity contribution in [3.8, 4) is 0 Å². The minimum absolute atomic E-state index is 0.0392. The van der Waals surface area contributed by atoms with Gasteiger partial charge in [-0.15, -0.1) is 0 Å². The molecule has 0 N–H and O–H groups in total. The van der Waals surface area contributed by atoms with E-state index in [1.807, 2.05) is 4.90 Å². The number of hydrogen-bond acceptors (Lipinski definition) is 5. The van der Waals surface area contributed by atoms with Crippen molar-refractivity contribution in [1.82, 2.24) is 4.90 Å². The molecule has 0 unspecified atom stereocenters. The first-order chi connectivity index (χ1) is 15.2. The topological polar surface area (TPSA) is 59.1 Å². The van der Waals surface area contributed by atoms with Gasteiger partial charge in [-0.2, -0.15) is 13.2 Å². The van der Waals surface area contributed by atoms with E-state index < -0.39 is 17.3 Å². The number of benzene rings is 1. The van der Waals surface area contributed by atoms with Crippen LogP contribution in [-0.2, 0) is 20.4 Å². The number of carbonyl (C=O) groups excluding carboxylic acids is 2. The van der Waals surface area contributed by atoms with Crippen LogP contribution in [0.5, 0.6) is 0 Å². The molecular weight excluding hydrogens is 425 g/mol. The molecular formula is C23H29F3N2O4. The summed E-state index contributed by atoms with van der Waals surface area (Å²) in [5.74, 6) is 0.163. The maximum Gasteiger partial charge on any atom is 0.416 e. The van der Waals surface area contributed by atoms with Crippen LogP contribution >= 0.6 is 0 Å². The van der Waals surface area contributed by atoms with Gasteiger partial charge in [-0.05, 0) is 55.9 Å². The molecule has 3 fully saturated rings. The SMILES string of the molecule is COC(=O)C1CCC(CN2CC3(CCN(c4ccc(C(F)(F)F)cc4)CC3)OC2=O)CC1. The Bertz CT molecular complexity index is 827. The summed E-state index contributed by atoms with van der Waals surface area (Å²) in [5.41, 5.74) is -0.435. The smallest absolute Gasteiger partial charge is 0.416 e. The van der Waals surface area contributed by atoms with Crippen LogP contribution in [0.2, 0.25) is 0 Å². The molecule has 1 aromatic rings. The van der Waals surface area contributed by atoms with Crippen LogP contribution in [0.25, 0.3) is 0 Å². The number of rotatable bonds is 4. The molecule has 1 aromatic carbocycles. The molecule has 6 nitrogen and oxygen atoms in total. The van der Waals surface area contributed by atoms with Gasteiger partial charge in [0.2, 0.25) is 0 Å². The van der Waals surface area contributed by atoms with E-state index in [0.717, 1.165) is 43.5 Å². The summed E-state index contributed by atoms with van der Waals surface area (Å²) in [6.07, 6.45) is 0.00150. The number of carbonyl (C=O) groups is 2. The Kier molecular flexibility index (Phi) is 6.27. The molecule has 4 rings (SSSR count). The molecule has 2 saturated heterocycles. The maximum absolute atomic E-state index is 12.8. The zero-order valence-electron chi connectivity index (χ0n) is 18.2. The predicted molar refractivity (Wildman–Crippen MR) is 111 cm³/mol. The first-order valence-electron chi connectivity index (χ1n) is 11.2. The maximum atomic E-state index is 12.8. The van der Waals surface area contributed by atoms with Crippen LogP contribution in [0.15, 0.2) is 24.3 Å². The lowest BCUT2D eigenvalue weighted by Gasteiger charge is -2.38. The van der Waals surface area contributed by atoms with Gasteiger partial charge in [0, 0.05) is 38.2 Å². The number of hydrogen-bond donors (Lipinski definition) is 0. The molecule has 0 aromatic heterocycles. The number of halogens is 3. The van der Waals surface area contributed by atoms with Crippen molar-refractivity contribution >= 4 is 17.7 Å². The van der Waals surface area contributed by atoms with Crippen LogP contribution in [0.4, 0.5) is 23.7 Å². The van der Waals surface area contributed by atoms with Gasteiger partial charge in [0.1, 0.15) is 5.60 Å². The first kappa shape index (κ1) is 22.7. The van der Waals surface area contributed by atoms with Crippen LogP contribution < -0.4 is 4.90 Å². The highest BCUT2D eigenvalue weighted by atomic mass is 19.4. The fourth-order valence-electron chi connectivity index (χ4n) is 5.19. The van der Waals surface area contributed by atoms with E-state index in [-0.39, 0.29) is 18.0 Å². The Morgan fingerprint density at radius 1 is 1.12 bits per heavy atom. The van der Waals surface area contributed by atoms with Gasteiger partial charge in [0.25, 0.3) is 0 Å². The third kappa shape index (κ3) is 4.81. The number of anilines is 1. The second-order valence-electron chi connectivity index (χ2n) is 9.20. The lowest BCUT2D eigenvalue weighted by Crippen LogP contribution is -2.47. The van der Waals surface area contributed by atoms with Gasteiger partial charge in [-0.1, -0.05) is 0 Å². The second-order valence-corrected chi connectivity index (χ2v) is 9.20. The summed E-state index contributed by atoms with van der Waals surface area (Å²) in [6, 6.07) is 5.20. The van der Waals surface area contributed by atoms with Crippen molar-refractivity contribution in [3.05, 3.63) is 29.8 Å². The molecule has 1 amide bonds. The standard InChI is InChI=1S/C23H29F3N2O4/c1-31-20(29)17-4-2-16(3-5-17)14-28-15-22(32-21(28)30)10-12-27(13-11-22)19-8-6-18(7-9-19)23(24,25)26/h6-9,16-17H,2-5,10-15H2,1H3. The highest BCUT2D eigenvalue weighted by Crippen LogP contribution is 2.38. The first-order valence-corrected chi connectivity index (χ1v) is 11.2. The molecule has 9 heteroatoms. The van der Waals surface area contributed by atoms with Gasteiger partial charge in [0.05, 0.1) is 25.1 Å². The summed E-state index contributed by atoms with van der Waals surface area (Å²) in [6.45, 7) is 2.42. The number of alkyl halides is 3. The zero-order chi connectivity index (χ0) is 22.9. The Morgan fingerprint density at radius 3 is 2.31 bits per heavy atom. The zero-order valence-corrected chi connectivity index (χ0v) is 18.2. The highest BCUT2D eigenvalue weighted by molar-refractivity contribution is 5.72. The molecule has 2 aliphatic heterocycles. The largest absolute Gasteiger partial charge is 0.469 e. The lowest BCUT2D eigenvalue weighted by molar-refractivity contribution is -0.146. The van der Waals surface area contributed by atoms with Crippen molar-refractivity contribution in [2.75, 3.05) is 38.2 Å². The molecule has 1 spiro atoms. The lowest BCUT2D eigenvalue weighted by atomic mass is 9.81. The van der Waals surface area contributed by atoms with Crippen LogP contribution in [-0.4, -0.2) is 55.9 Å². The molecule has 32 heavy (non-hydrogen) atoms. The Labute approximate surface area is 185 Å². The number of ether oxygens (including phenoxy) is 2. The Balaban J connectivity index is 1.29. The predicted octanol–water partition coefficient (Wildman–Crippen LogP) is 4.48.